The maximum absolute atomic E-state index is 12.9. The summed E-state index contributed by atoms with van der Waals surface area (Å²) >= 11 is 1.42. The Balaban J connectivity index is 2.37. The molecular weight excluding hydrogens is 408 g/mol. The maximum atomic E-state index is 12.9. The molecule has 0 saturated heterocycles. The first-order valence-corrected chi connectivity index (χ1v) is 9.62. The summed E-state index contributed by atoms with van der Waals surface area (Å²) in [6.07, 6.45) is 0. The van der Waals surface area contributed by atoms with Gasteiger partial charge in [-0.05, 0) is 24.1 Å². The molecule has 0 aliphatic rings. The molecule has 2 aromatic rings. The Labute approximate surface area is 156 Å². The van der Waals surface area contributed by atoms with Crippen molar-refractivity contribution < 1.29 is 23.1 Å². The predicted octanol–water partition coefficient (Wildman–Crippen LogP) is 3.70. The largest absolute Gasteiger partial charge is 0.465 e. The fourth-order valence-corrected chi connectivity index (χ4v) is 3.38. The van der Waals surface area contributed by atoms with Crippen LogP contribution in [0, 0.1) is 0 Å². The fraction of sp³-hybridized carbons (Fsp3) is 0.222. The first-order valence-electron chi connectivity index (χ1n) is 7.55. The molecular formula is C18H17BrO5S. The van der Waals surface area contributed by atoms with Crippen LogP contribution < -0.4 is 0 Å². The number of esters is 1. The van der Waals surface area contributed by atoms with Gasteiger partial charge in [-0.3, -0.25) is 9.59 Å². The van der Waals surface area contributed by atoms with Crippen molar-refractivity contribution in [2.24, 2.45) is 0 Å². The third-order valence-electron chi connectivity index (χ3n) is 3.53. The molecule has 0 fully saturated rings. The molecule has 0 radical (unpaired) electrons. The van der Waals surface area contributed by atoms with Gasteiger partial charge in [-0.25, -0.2) is 4.21 Å². The summed E-state index contributed by atoms with van der Waals surface area (Å²) in [5.41, 5.74) is 1.50. The summed E-state index contributed by atoms with van der Waals surface area (Å²) in [4.78, 5) is 25.3. The predicted molar refractivity (Wildman–Crippen MR) is 98.8 cm³/mol. The number of rotatable bonds is 7. The van der Waals surface area contributed by atoms with E-state index in [4.69, 9.17) is 9.29 Å². The molecule has 0 bridgehead atoms. The van der Waals surface area contributed by atoms with Crippen LogP contribution in [0.5, 0.6) is 0 Å². The summed E-state index contributed by atoms with van der Waals surface area (Å²) in [6.45, 7) is 1.86. The van der Waals surface area contributed by atoms with Crippen LogP contribution in [0.25, 0.3) is 0 Å². The molecule has 2 aromatic carbocycles. The van der Waals surface area contributed by atoms with E-state index in [1.165, 1.54) is 0 Å². The number of carbonyl (C=O) groups excluding carboxylic acids is 2. The van der Waals surface area contributed by atoms with Crippen molar-refractivity contribution in [3.63, 3.8) is 0 Å². The van der Waals surface area contributed by atoms with E-state index in [0.717, 1.165) is 0 Å². The third kappa shape index (κ3) is 5.07. The molecule has 7 heteroatoms. The molecule has 0 aromatic heterocycles. The molecule has 2 rings (SSSR count). The Morgan fingerprint density at radius 1 is 1.16 bits per heavy atom. The van der Waals surface area contributed by atoms with Crippen molar-refractivity contribution in [1.82, 2.24) is 0 Å². The molecule has 0 amide bonds. The minimum Gasteiger partial charge on any atom is -0.465 e. The molecule has 132 valence electrons. The van der Waals surface area contributed by atoms with E-state index in [0.29, 0.717) is 21.2 Å². The second-order valence-electron chi connectivity index (χ2n) is 5.23. The smallest absolute Gasteiger partial charge is 0.321 e. The van der Waals surface area contributed by atoms with Gasteiger partial charge in [-0.1, -0.05) is 58.4 Å². The van der Waals surface area contributed by atoms with Crippen molar-refractivity contribution >= 4 is 38.8 Å². The lowest BCUT2D eigenvalue weighted by Crippen LogP contribution is -2.25. The van der Waals surface area contributed by atoms with Crippen molar-refractivity contribution in [1.29, 1.82) is 0 Å². The van der Waals surface area contributed by atoms with Crippen LogP contribution in [0.4, 0.5) is 0 Å². The summed E-state index contributed by atoms with van der Waals surface area (Å²) in [5, 5.41) is 0. The molecule has 2 unspecified atom stereocenters. The number of Topliss-reactive ketones (excluding diaryl/α,β-unsaturated/α-hetero) is 1. The average Bonchev–Trinajstić information content (AvgIpc) is 2.57. The minimum atomic E-state index is -1.95. The summed E-state index contributed by atoms with van der Waals surface area (Å²) in [7, 11) is 0. The van der Waals surface area contributed by atoms with Gasteiger partial charge in [0.2, 0.25) is 0 Å². The quantitative estimate of drug-likeness (QED) is 0.317. The Morgan fingerprint density at radius 3 is 2.36 bits per heavy atom. The monoisotopic (exact) mass is 424 g/mol. The van der Waals surface area contributed by atoms with Crippen LogP contribution in [-0.2, 0) is 26.4 Å². The molecule has 2 atom stereocenters. The van der Waals surface area contributed by atoms with E-state index in [2.05, 4.69) is 15.9 Å². The Hall–Kier alpha value is -1.83. The number of halogens is 1. The fourth-order valence-electron chi connectivity index (χ4n) is 2.38. The van der Waals surface area contributed by atoms with Crippen LogP contribution in [0.3, 0.4) is 0 Å². The zero-order chi connectivity index (χ0) is 18.4. The lowest BCUT2D eigenvalue weighted by Gasteiger charge is -2.16. The Bertz CT molecular complexity index is 788. The van der Waals surface area contributed by atoms with E-state index in [-0.39, 0.29) is 18.1 Å². The summed E-state index contributed by atoms with van der Waals surface area (Å²) in [5.74, 6) is -2.09. The van der Waals surface area contributed by atoms with Gasteiger partial charge in [-0.15, -0.1) is 0 Å². The standard InChI is InChI=1S/C18H17BrO5S/c1-2-24-18(21)16(14-5-3-4-6-15(14)19)17(20)13-9-7-12(8-10-13)11-25(22)23/h3-10,16H,2,11H2,1H3,(H,22,23). The Kier molecular flexibility index (Phi) is 7.04. The van der Waals surface area contributed by atoms with Crippen LogP contribution in [0.15, 0.2) is 53.0 Å². The van der Waals surface area contributed by atoms with Crippen LogP contribution in [-0.4, -0.2) is 27.1 Å². The molecule has 0 heterocycles. The zero-order valence-electron chi connectivity index (χ0n) is 13.5. The summed E-state index contributed by atoms with van der Waals surface area (Å²) in [6, 6.07) is 13.3. The van der Waals surface area contributed by atoms with Crippen LogP contribution in [0.1, 0.15) is 34.3 Å². The Morgan fingerprint density at radius 2 is 1.80 bits per heavy atom. The molecule has 0 aliphatic heterocycles. The highest BCUT2D eigenvalue weighted by Crippen LogP contribution is 2.29. The van der Waals surface area contributed by atoms with Crippen LogP contribution >= 0.6 is 15.9 Å². The van der Waals surface area contributed by atoms with E-state index in [9.17, 15) is 13.8 Å². The van der Waals surface area contributed by atoms with E-state index >= 15 is 0 Å². The number of ketones is 1. The lowest BCUT2D eigenvalue weighted by molar-refractivity contribution is -0.143. The minimum absolute atomic E-state index is 0.0139. The van der Waals surface area contributed by atoms with Crippen LogP contribution in [0.2, 0.25) is 0 Å². The van der Waals surface area contributed by atoms with Gasteiger partial charge in [-0.2, -0.15) is 0 Å². The first-order chi connectivity index (χ1) is 11.9. The van der Waals surface area contributed by atoms with Gasteiger partial charge in [0.05, 0.1) is 12.4 Å². The van der Waals surface area contributed by atoms with Crippen molar-refractivity contribution in [2.75, 3.05) is 6.61 Å². The first kappa shape index (κ1) is 19.5. The molecule has 5 nitrogen and oxygen atoms in total. The maximum Gasteiger partial charge on any atom is 0.321 e. The van der Waals surface area contributed by atoms with Gasteiger partial charge < -0.3 is 9.29 Å². The third-order valence-corrected chi connectivity index (χ3v) is 4.83. The van der Waals surface area contributed by atoms with Gasteiger partial charge in [0, 0.05) is 10.0 Å². The highest BCUT2D eigenvalue weighted by molar-refractivity contribution is 9.10. The highest BCUT2D eigenvalue weighted by atomic mass is 79.9. The number of carbonyl (C=O) groups is 2. The second kappa shape index (κ2) is 9.03. The number of hydrogen-bond donors (Lipinski definition) is 1. The van der Waals surface area contributed by atoms with Gasteiger partial charge in [0.25, 0.3) is 0 Å². The highest BCUT2D eigenvalue weighted by Gasteiger charge is 2.32. The van der Waals surface area contributed by atoms with Gasteiger partial charge in [0.1, 0.15) is 5.92 Å². The van der Waals surface area contributed by atoms with Gasteiger partial charge in [0.15, 0.2) is 16.9 Å². The average molecular weight is 425 g/mol. The molecule has 25 heavy (non-hydrogen) atoms. The van der Waals surface area contributed by atoms with E-state index in [1.807, 2.05) is 0 Å². The van der Waals surface area contributed by atoms with Crippen molar-refractivity contribution in [2.45, 2.75) is 18.6 Å². The second-order valence-corrected chi connectivity index (χ2v) is 7.02. The van der Waals surface area contributed by atoms with E-state index in [1.54, 1.807) is 55.5 Å². The zero-order valence-corrected chi connectivity index (χ0v) is 15.9. The topological polar surface area (TPSA) is 80.7 Å². The van der Waals surface area contributed by atoms with Crippen molar-refractivity contribution in [3.8, 4) is 0 Å². The summed E-state index contributed by atoms with van der Waals surface area (Å²) < 4.78 is 25.5. The number of benzene rings is 2. The molecule has 0 saturated carbocycles. The lowest BCUT2D eigenvalue weighted by atomic mass is 9.90. The normalized spacial score (nSPS) is 13.1. The number of hydrogen-bond acceptors (Lipinski definition) is 4. The molecule has 1 N–H and O–H groups in total. The molecule has 0 aliphatic carbocycles. The van der Waals surface area contributed by atoms with Crippen molar-refractivity contribution in [3.05, 3.63) is 69.7 Å². The number of ether oxygens (including phenoxy) is 1. The molecule has 0 spiro atoms. The SMILES string of the molecule is CCOC(=O)C(C(=O)c1ccc(CS(=O)O)cc1)c1ccccc1Br. The van der Waals surface area contributed by atoms with E-state index < -0.39 is 23.0 Å². The van der Waals surface area contributed by atoms with Gasteiger partial charge >= 0.3 is 5.97 Å².